The van der Waals surface area contributed by atoms with Gasteiger partial charge in [0, 0.05) is 18.3 Å². The first kappa shape index (κ1) is 12.5. The Labute approximate surface area is 100 Å². The summed E-state index contributed by atoms with van der Waals surface area (Å²) < 4.78 is 36.4. The highest BCUT2D eigenvalue weighted by molar-refractivity contribution is 6.07. The summed E-state index contributed by atoms with van der Waals surface area (Å²) in [6.07, 6.45) is -1.15. The van der Waals surface area contributed by atoms with E-state index in [-0.39, 0.29) is 23.0 Å². The van der Waals surface area contributed by atoms with Crippen LogP contribution < -0.4 is 5.32 Å². The first-order chi connectivity index (χ1) is 8.39. The minimum atomic E-state index is -4.98. The molecule has 0 aliphatic heterocycles. The number of anilines is 1. The van der Waals surface area contributed by atoms with Gasteiger partial charge in [-0.1, -0.05) is 0 Å². The second-order valence-corrected chi connectivity index (χ2v) is 4.01. The highest BCUT2D eigenvalue weighted by Gasteiger charge is 2.39. The Morgan fingerprint density at radius 3 is 2.56 bits per heavy atom. The zero-order valence-electron chi connectivity index (χ0n) is 9.12. The van der Waals surface area contributed by atoms with Crippen molar-refractivity contribution in [3.63, 3.8) is 0 Å². The van der Waals surface area contributed by atoms with E-state index >= 15 is 0 Å². The molecule has 1 aromatic rings. The molecule has 1 aliphatic rings. The maximum absolute atomic E-state index is 12.1. The smallest absolute Gasteiger partial charge is 0.317 e. The third kappa shape index (κ3) is 2.66. The molecule has 0 radical (unpaired) electrons. The number of amides is 1. The van der Waals surface area contributed by atoms with Gasteiger partial charge in [-0.2, -0.15) is 13.2 Å². The minimum Gasteiger partial charge on any atom is -0.317 e. The molecule has 0 bridgehead atoms. The third-order valence-electron chi connectivity index (χ3n) is 2.54. The summed E-state index contributed by atoms with van der Waals surface area (Å²) in [5.74, 6) is -2.53. The molecular weight excluding hydrogens is 249 g/mol. The van der Waals surface area contributed by atoms with E-state index in [1.54, 1.807) is 5.32 Å². The predicted octanol–water partition coefficient (Wildman–Crippen LogP) is 2.18. The van der Waals surface area contributed by atoms with Crippen LogP contribution in [0.15, 0.2) is 18.5 Å². The van der Waals surface area contributed by atoms with Gasteiger partial charge in [0.15, 0.2) is 5.78 Å². The SMILES string of the molecule is O=C(c1cnccc1NC(=O)C(F)(F)F)C1CC1. The summed E-state index contributed by atoms with van der Waals surface area (Å²) in [5, 5.41) is 1.69. The van der Waals surface area contributed by atoms with Crippen LogP contribution in [0.2, 0.25) is 0 Å². The number of aromatic nitrogens is 1. The molecule has 1 aromatic heterocycles. The molecule has 0 saturated heterocycles. The van der Waals surface area contributed by atoms with Gasteiger partial charge in [-0.3, -0.25) is 14.6 Å². The monoisotopic (exact) mass is 258 g/mol. The first-order valence-corrected chi connectivity index (χ1v) is 5.26. The average Bonchev–Trinajstić information content (AvgIpc) is 3.11. The number of halogens is 3. The van der Waals surface area contributed by atoms with E-state index in [2.05, 4.69) is 4.98 Å². The van der Waals surface area contributed by atoms with Gasteiger partial charge in [-0.05, 0) is 18.9 Å². The number of hydrogen-bond donors (Lipinski definition) is 1. The van der Waals surface area contributed by atoms with Gasteiger partial charge in [-0.15, -0.1) is 0 Å². The van der Waals surface area contributed by atoms with E-state index in [1.165, 1.54) is 18.5 Å². The van der Waals surface area contributed by atoms with Crippen molar-refractivity contribution in [1.82, 2.24) is 4.98 Å². The van der Waals surface area contributed by atoms with Crippen molar-refractivity contribution in [3.05, 3.63) is 24.0 Å². The Hall–Kier alpha value is -1.92. The van der Waals surface area contributed by atoms with Crippen molar-refractivity contribution in [1.29, 1.82) is 0 Å². The number of alkyl halides is 3. The van der Waals surface area contributed by atoms with Crippen molar-refractivity contribution in [3.8, 4) is 0 Å². The molecule has 1 saturated carbocycles. The van der Waals surface area contributed by atoms with Gasteiger partial charge >= 0.3 is 12.1 Å². The number of Topliss-reactive ketones (excluding diaryl/α,β-unsaturated/α-hetero) is 1. The molecule has 1 aliphatic carbocycles. The number of carbonyl (C=O) groups is 2. The first-order valence-electron chi connectivity index (χ1n) is 5.26. The molecule has 18 heavy (non-hydrogen) atoms. The molecule has 4 nitrogen and oxygen atoms in total. The Balaban J connectivity index is 2.22. The van der Waals surface area contributed by atoms with Gasteiger partial charge in [0.1, 0.15) is 0 Å². The molecular formula is C11H9F3N2O2. The summed E-state index contributed by atoms with van der Waals surface area (Å²) in [4.78, 5) is 26.3. The largest absolute Gasteiger partial charge is 0.471 e. The standard InChI is InChI=1S/C11H9F3N2O2/c12-11(13,14)10(18)16-8-3-4-15-5-7(8)9(17)6-1-2-6/h3-6H,1-2H2,(H,15,16,18). The summed E-state index contributed by atoms with van der Waals surface area (Å²) in [6, 6.07) is 1.18. The average molecular weight is 258 g/mol. The van der Waals surface area contributed by atoms with E-state index in [0.717, 1.165) is 12.8 Å². The van der Waals surface area contributed by atoms with Crippen LogP contribution >= 0.6 is 0 Å². The summed E-state index contributed by atoms with van der Waals surface area (Å²) in [5.41, 5.74) is -0.123. The molecule has 0 spiro atoms. The molecule has 96 valence electrons. The van der Waals surface area contributed by atoms with Gasteiger partial charge in [0.25, 0.3) is 0 Å². The molecule has 1 heterocycles. The van der Waals surface area contributed by atoms with Crippen LogP contribution in [0.5, 0.6) is 0 Å². The number of ketones is 1. The Morgan fingerprint density at radius 1 is 1.33 bits per heavy atom. The maximum Gasteiger partial charge on any atom is 0.471 e. The van der Waals surface area contributed by atoms with E-state index < -0.39 is 12.1 Å². The second kappa shape index (κ2) is 4.40. The highest BCUT2D eigenvalue weighted by Crippen LogP contribution is 2.34. The van der Waals surface area contributed by atoms with E-state index in [9.17, 15) is 22.8 Å². The Morgan fingerprint density at radius 2 is 2.00 bits per heavy atom. The predicted molar refractivity (Wildman–Crippen MR) is 56.0 cm³/mol. The normalized spacial score (nSPS) is 15.3. The van der Waals surface area contributed by atoms with Crippen LogP contribution in [-0.4, -0.2) is 22.9 Å². The summed E-state index contributed by atoms with van der Waals surface area (Å²) in [7, 11) is 0. The lowest BCUT2D eigenvalue weighted by Crippen LogP contribution is -2.30. The van der Waals surface area contributed by atoms with Crippen molar-refractivity contribution in [2.45, 2.75) is 19.0 Å². The van der Waals surface area contributed by atoms with Gasteiger partial charge in [0.05, 0.1) is 11.3 Å². The number of carbonyl (C=O) groups excluding carboxylic acids is 2. The van der Waals surface area contributed by atoms with Gasteiger partial charge in [0.2, 0.25) is 0 Å². The van der Waals surface area contributed by atoms with Gasteiger partial charge in [-0.25, -0.2) is 0 Å². The van der Waals surface area contributed by atoms with E-state index in [4.69, 9.17) is 0 Å². The van der Waals surface area contributed by atoms with E-state index in [1.807, 2.05) is 0 Å². The quantitative estimate of drug-likeness (QED) is 0.845. The lowest BCUT2D eigenvalue weighted by atomic mass is 10.1. The van der Waals surface area contributed by atoms with Crippen LogP contribution in [0.3, 0.4) is 0 Å². The minimum absolute atomic E-state index is 0.0256. The molecule has 7 heteroatoms. The van der Waals surface area contributed by atoms with Crippen molar-refractivity contribution >= 4 is 17.4 Å². The molecule has 0 unspecified atom stereocenters. The number of hydrogen-bond acceptors (Lipinski definition) is 3. The zero-order valence-corrected chi connectivity index (χ0v) is 9.12. The van der Waals surface area contributed by atoms with Crippen molar-refractivity contribution in [2.24, 2.45) is 5.92 Å². The summed E-state index contributed by atoms with van der Waals surface area (Å²) >= 11 is 0. The van der Waals surface area contributed by atoms with Crippen LogP contribution in [0.1, 0.15) is 23.2 Å². The topological polar surface area (TPSA) is 59.1 Å². The summed E-state index contributed by atoms with van der Waals surface area (Å²) in [6.45, 7) is 0. The molecule has 2 rings (SSSR count). The molecule has 1 amide bonds. The number of nitrogens with zero attached hydrogens (tertiary/aromatic N) is 1. The lowest BCUT2D eigenvalue weighted by molar-refractivity contribution is -0.167. The Kier molecular flexibility index (Phi) is 3.06. The second-order valence-electron chi connectivity index (χ2n) is 4.01. The fraction of sp³-hybridized carbons (Fsp3) is 0.364. The van der Waals surface area contributed by atoms with Crippen molar-refractivity contribution in [2.75, 3.05) is 5.32 Å². The number of nitrogens with one attached hydrogen (secondary N) is 1. The lowest BCUT2D eigenvalue weighted by Gasteiger charge is -2.10. The Bertz CT molecular complexity index is 495. The zero-order chi connectivity index (χ0) is 13.3. The fourth-order valence-corrected chi connectivity index (χ4v) is 1.46. The number of pyridine rings is 1. The van der Waals surface area contributed by atoms with Gasteiger partial charge < -0.3 is 5.32 Å². The van der Waals surface area contributed by atoms with Crippen LogP contribution in [0.25, 0.3) is 0 Å². The fourth-order valence-electron chi connectivity index (χ4n) is 1.46. The molecule has 0 aromatic carbocycles. The maximum atomic E-state index is 12.1. The van der Waals surface area contributed by atoms with Crippen LogP contribution in [-0.2, 0) is 4.79 Å². The molecule has 1 fully saturated rings. The molecule has 0 atom stereocenters. The van der Waals surface area contributed by atoms with Crippen LogP contribution in [0, 0.1) is 5.92 Å². The number of rotatable bonds is 3. The van der Waals surface area contributed by atoms with Crippen molar-refractivity contribution < 1.29 is 22.8 Å². The molecule has 1 N–H and O–H groups in total. The van der Waals surface area contributed by atoms with Crippen LogP contribution in [0.4, 0.5) is 18.9 Å². The third-order valence-corrected chi connectivity index (χ3v) is 2.54. The highest BCUT2D eigenvalue weighted by atomic mass is 19.4. The van der Waals surface area contributed by atoms with E-state index in [0.29, 0.717) is 0 Å².